The van der Waals surface area contributed by atoms with E-state index >= 15 is 4.39 Å². The van der Waals surface area contributed by atoms with Gasteiger partial charge >= 0.3 is 0 Å². The van der Waals surface area contributed by atoms with Gasteiger partial charge in [0.05, 0.1) is 32.4 Å². The summed E-state index contributed by atoms with van der Waals surface area (Å²) in [6.45, 7) is 12.9. The Labute approximate surface area is 431 Å². The number of rotatable bonds is 15. The number of anilines is 2. The second-order valence-electron chi connectivity index (χ2n) is 22.3. The van der Waals surface area contributed by atoms with Crippen LogP contribution in [0.2, 0.25) is 0 Å². The molecule has 2 aliphatic carbocycles. The van der Waals surface area contributed by atoms with Gasteiger partial charge in [-0.1, -0.05) is 44.5 Å². The molecule has 19 heteroatoms. The number of nitro benzene ring substituents is 1. The first-order valence-electron chi connectivity index (χ1n) is 26.5. The van der Waals surface area contributed by atoms with E-state index in [2.05, 4.69) is 72.8 Å². The molecule has 4 N–H and O–H groups in total. The van der Waals surface area contributed by atoms with Crippen molar-refractivity contribution in [3.8, 4) is 23.1 Å². The van der Waals surface area contributed by atoms with E-state index in [0.717, 1.165) is 70.3 Å². The van der Waals surface area contributed by atoms with Gasteiger partial charge in [-0.15, -0.1) is 0 Å². The first-order valence-corrected chi connectivity index (χ1v) is 27.9. The molecule has 6 heterocycles. The van der Waals surface area contributed by atoms with Crippen molar-refractivity contribution in [1.82, 2.24) is 24.5 Å². The van der Waals surface area contributed by atoms with Crippen LogP contribution in [-0.4, -0.2) is 121 Å². The van der Waals surface area contributed by atoms with Crippen LogP contribution in [0.1, 0.15) is 118 Å². The fraction of sp³-hybridized carbons (Fsp3) is 0.527. The summed E-state index contributed by atoms with van der Waals surface area (Å²) in [4.78, 5) is 40.3. The number of nitro groups is 1. The maximum absolute atomic E-state index is 15.2. The van der Waals surface area contributed by atoms with E-state index < -0.39 is 42.9 Å². The minimum atomic E-state index is -4.77. The number of nitrogens with zero attached hydrogens (tertiary/aromatic N) is 5. The number of nitrogens with one attached hydrogen (secondary N) is 3. The van der Waals surface area contributed by atoms with E-state index in [1.165, 1.54) is 54.8 Å². The number of ether oxygens (including phenoxy) is 3. The van der Waals surface area contributed by atoms with Gasteiger partial charge in [0, 0.05) is 74.9 Å². The van der Waals surface area contributed by atoms with Crippen molar-refractivity contribution in [1.29, 1.82) is 0 Å². The molecule has 11 rings (SSSR count). The fourth-order valence-corrected chi connectivity index (χ4v) is 13.5. The Morgan fingerprint density at radius 2 is 1.77 bits per heavy atom. The molecule has 0 radical (unpaired) electrons. The van der Waals surface area contributed by atoms with Crippen molar-refractivity contribution in [2.45, 2.75) is 119 Å². The summed E-state index contributed by atoms with van der Waals surface area (Å²) in [6.07, 6.45) is 10.4. The van der Waals surface area contributed by atoms with Gasteiger partial charge in [-0.25, -0.2) is 17.5 Å². The molecule has 3 saturated heterocycles. The lowest BCUT2D eigenvalue weighted by molar-refractivity contribution is -0.384. The summed E-state index contributed by atoms with van der Waals surface area (Å²) in [5, 5.41) is 26.4. The van der Waals surface area contributed by atoms with E-state index in [1.54, 1.807) is 19.1 Å². The highest BCUT2D eigenvalue weighted by atomic mass is 32.2. The lowest BCUT2D eigenvalue weighted by Gasteiger charge is -2.57. The van der Waals surface area contributed by atoms with Crippen molar-refractivity contribution in [3.05, 3.63) is 99.5 Å². The number of piperidine rings is 1. The Morgan fingerprint density at radius 1 is 1.00 bits per heavy atom. The molecule has 1 spiro atoms. The van der Waals surface area contributed by atoms with Crippen LogP contribution in [0.3, 0.4) is 0 Å². The molecule has 3 aromatic carbocycles. The van der Waals surface area contributed by atoms with Gasteiger partial charge in [-0.05, 0) is 124 Å². The molecule has 394 valence electrons. The predicted octanol–water partition coefficient (Wildman–Crippen LogP) is 9.08. The molecule has 74 heavy (non-hydrogen) atoms. The number of hydrogen-bond donors (Lipinski definition) is 4. The summed E-state index contributed by atoms with van der Waals surface area (Å²) in [6, 6.07) is 17.7. The zero-order valence-electron chi connectivity index (χ0n) is 42.4. The topological polar surface area (TPSA) is 205 Å². The summed E-state index contributed by atoms with van der Waals surface area (Å²) in [5.41, 5.74) is 2.75. The Hall–Kier alpha value is -6.02. The van der Waals surface area contributed by atoms with Gasteiger partial charge in [0.25, 0.3) is 27.5 Å². The van der Waals surface area contributed by atoms with Gasteiger partial charge < -0.3 is 34.5 Å². The minimum Gasteiger partial charge on any atom is -0.489 e. The number of sulfonamides is 1. The van der Waals surface area contributed by atoms with Crippen LogP contribution in [0.5, 0.6) is 23.1 Å². The van der Waals surface area contributed by atoms with Crippen LogP contribution in [0, 0.1) is 27.3 Å². The molecule has 5 fully saturated rings. The summed E-state index contributed by atoms with van der Waals surface area (Å²) >= 11 is 0. The van der Waals surface area contributed by atoms with E-state index in [1.807, 2.05) is 0 Å². The molecule has 3 atom stereocenters. The van der Waals surface area contributed by atoms with E-state index in [4.69, 9.17) is 14.2 Å². The number of benzene rings is 3. The Kier molecular flexibility index (Phi) is 13.5. The van der Waals surface area contributed by atoms with Gasteiger partial charge in [-0.3, -0.25) is 24.7 Å². The number of halogens is 1. The Morgan fingerprint density at radius 3 is 2.50 bits per heavy atom. The number of fused-ring (bicyclic) bond motifs is 2. The lowest BCUT2D eigenvalue weighted by Crippen LogP contribution is -2.63. The van der Waals surface area contributed by atoms with Crippen molar-refractivity contribution in [2.75, 3.05) is 69.2 Å². The molecule has 0 unspecified atom stereocenters. The predicted molar refractivity (Wildman–Crippen MR) is 279 cm³/mol. The highest BCUT2D eigenvalue weighted by Gasteiger charge is 2.49. The number of H-pyrrole nitrogens is 1. The molecule has 6 aliphatic rings. The third-order valence-electron chi connectivity index (χ3n) is 17.0. The maximum Gasteiger partial charge on any atom is 0.297 e. The van der Waals surface area contributed by atoms with Crippen molar-refractivity contribution in [2.24, 2.45) is 11.3 Å². The first kappa shape index (κ1) is 50.2. The number of pyridine rings is 1. The third-order valence-corrected chi connectivity index (χ3v) is 18.3. The molecule has 2 aromatic heterocycles. The second-order valence-corrected chi connectivity index (χ2v) is 24.0. The first-order chi connectivity index (χ1) is 35.5. The quantitative estimate of drug-likeness (QED) is 0.0571. The van der Waals surface area contributed by atoms with E-state index in [9.17, 15) is 28.4 Å². The molecule has 17 nitrogen and oxygen atoms in total. The monoisotopic (exact) mass is 1030 g/mol. The third kappa shape index (κ3) is 9.99. The zero-order valence-corrected chi connectivity index (χ0v) is 43.2. The molecule has 1 amide bonds. The largest absolute Gasteiger partial charge is 0.489 e. The maximum atomic E-state index is 15.2. The zero-order chi connectivity index (χ0) is 51.5. The van der Waals surface area contributed by atoms with Crippen LogP contribution < -0.4 is 29.1 Å². The number of aromatic amines is 1. The van der Waals surface area contributed by atoms with E-state index in [-0.39, 0.29) is 76.0 Å². The molecule has 5 aromatic rings. The van der Waals surface area contributed by atoms with Crippen LogP contribution in [-0.2, 0) is 10.0 Å². The second kappa shape index (κ2) is 19.9. The SMILES string of the molecule is CC(C)c1ccccc1[C@H]1CCC[C@H]1N1CC2(CCN(c3ccc(C(=O)NS(=O)(=O)c4cc5c(c([N+](=O)[O-])c4)N[C@@H]([C@H]4CC[C@](C)(O)CC4)CO5)c(Oc4cc5c(F)c[nH]c5nc4OCCN4CCC4)c3)CC2)C1. The van der Waals surface area contributed by atoms with Crippen LogP contribution in [0.4, 0.5) is 21.5 Å². The number of hydrogen-bond acceptors (Lipinski definition) is 14. The molecule has 0 bridgehead atoms. The lowest BCUT2D eigenvalue weighted by atomic mass is 9.70. The van der Waals surface area contributed by atoms with Crippen LogP contribution in [0.25, 0.3) is 11.0 Å². The summed E-state index contributed by atoms with van der Waals surface area (Å²) in [5.74, 6) is -0.518. The van der Waals surface area contributed by atoms with Crippen LogP contribution in [0.15, 0.2) is 71.8 Å². The van der Waals surface area contributed by atoms with Crippen molar-refractivity contribution < 1.29 is 41.8 Å². The molecule has 2 saturated carbocycles. The van der Waals surface area contributed by atoms with Gasteiger partial charge in [0.1, 0.15) is 30.4 Å². The number of carbonyl (C=O) groups is 1. The highest BCUT2D eigenvalue weighted by Crippen LogP contribution is 2.50. The Balaban J connectivity index is 0.846. The number of likely N-dealkylation sites (tertiary alicyclic amines) is 2. The molecular formula is C55H67FN8O9S. The van der Waals surface area contributed by atoms with Crippen molar-refractivity contribution >= 4 is 44.0 Å². The Bertz CT molecular complexity index is 3050. The molecular weight excluding hydrogens is 968 g/mol. The summed E-state index contributed by atoms with van der Waals surface area (Å²) < 4.78 is 64.4. The van der Waals surface area contributed by atoms with Crippen LogP contribution >= 0.6 is 0 Å². The minimum absolute atomic E-state index is 0.0222. The fourth-order valence-electron chi connectivity index (χ4n) is 12.5. The highest BCUT2D eigenvalue weighted by molar-refractivity contribution is 7.90. The number of aliphatic hydroxyl groups is 1. The van der Waals surface area contributed by atoms with Gasteiger partial charge in [0.2, 0.25) is 0 Å². The van der Waals surface area contributed by atoms with Gasteiger partial charge in [0.15, 0.2) is 17.2 Å². The average molecular weight is 1040 g/mol. The smallest absolute Gasteiger partial charge is 0.297 e. The number of carbonyl (C=O) groups excluding carboxylic acids is 1. The standard InChI is InChI=1S/C55H67FN8O9S/c1-34(2)38-8-4-5-9-39(38)40-10-6-11-45(40)63-32-55(33-63)18-22-62(23-19-55)36-12-13-41(47(26-36)73-49-29-42-43(56)30-57-51(42)59-53(49)71-25-24-61-20-7-21-61)52(65)60-74(69,70)37-27-46(64(67)68)50-48(28-37)72-31-44(58-50)35-14-16-54(3,66)17-15-35/h4-5,8-9,12-13,26-30,34-35,40,44-45,58,66H,6-7,10-11,14-25,31-33H2,1-3H3,(H,57,59)(H,60,65)/t35-,40-,44-,45-,54-/m1/s1. The number of amides is 1. The summed E-state index contributed by atoms with van der Waals surface area (Å²) in [7, 11) is -4.77. The van der Waals surface area contributed by atoms with Gasteiger partial charge in [-0.2, -0.15) is 4.98 Å². The normalized spacial score (nSPS) is 24.9. The van der Waals surface area contributed by atoms with E-state index in [0.29, 0.717) is 50.1 Å². The molecule has 4 aliphatic heterocycles. The van der Waals surface area contributed by atoms with Crippen molar-refractivity contribution in [3.63, 3.8) is 0 Å². The average Bonchev–Trinajstić information content (AvgIpc) is 4.00. The number of aromatic nitrogens is 2.